The highest BCUT2D eigenvalue weighted by molar-refractivity contribution is 9.10. The molecule has 0 spiro atoms. The molecule has 0 aliphatic heterocycles. The van der Waals surface area contributed by atoms with Gasteiger partial charge in [0.25, 0.3) is 5.91 Å². The second kappa shape index (κ2) is 8.22. The number of rotatable bonds is 6. The standard InChI is InChI=1S/C19H16BrClN6O2/c1-12-17(11-27-10-15(21)7-23-27)18(25-29-12)19(28)24-16-4-2-3-13(5-16)8-26-9-14(20)6-22-26/h2-7,9-10H,8,11H2,1H3,(H,24,28). The lowest BCUT2D eigenvalue weighted by Gasteiger charge is -2.08. The van der Waals surface area contributed by atoms with E-state index in [0.29, 0.717) is 35.1 Å². The second-order valence-corrected chi connectivity index (χ2v) is 7.78. The van der Waals surface area contributed by atoms with Gasteiger partial charge in [0.05, 0.1) is 35.0 Å². The molecule has 0 saturated carbocycles. The lowest BCUT2D eigenvalue weighted by molar-refractivity contribution is 0.101. The molecule has 0 unspecified atom stereocenters. The number of carbonyl (C=O) groups is 1. The summed E-state index contributed by atoms with van der Waals surface area (Å²) in [5.41, 5.74) is 2.53. The molecule has 0 radical (unpaired) electrons. The van der Waals surface area contributed by atoms with Crippen molar-refractivity contribution in [1.82, 2.24) is 24.7 Å². The number of aryl methyl sites for hydroxylation is 1. The molecule has 29 heavy (non-hydrogen) atoms. The summed E-state index contributed by atoms with van der Waals surface area (Å²) >= 11 is 9.30. The van der Waals surface area contributed by atoms with Crippen LogP contribution in [0.15, 0.2) is 58.0 Å². The zero-order valence-electron chi connectivity index (χ0n) is 15.3. The van der Waals surface area contributed by atoms with Gasteiger partial charge in [-0.05, 0) is 40.5 Å². The Kier molecular flexibility index (Phi) is 5.50. The Hall–Kier alpha value is -2.91. The smallest absolute Gasteiger partial charge is 0.278 e. The first-order chi connectivity index (χ1) is 14.0. The monoisotopic (exact) mass is 474 g/mol. The fraction of sp³-hybridized carbons (Fsp3) is 0.158. The Morgan fingerprint density at radius 1 is 1.21 bits per heavy atom. The topological polar surface area (TPSA) is 90.8 Å². The van der Waals surface area contributed by atoms with Gasteiger partial charge in [-0.15, -0.1) is 0 Å². The van der Waals surface area contributed by atoms with Crippen molar-refractivity contribution < 1.29 is 9.32 Å². The van der Waals surface area contributed by atoms with Crippen molar-refractivity contribution in [2.45, 2.75) is 20.0 Å². The zero-order chi connectivity index (χ0) is 20.4. The SMILES string of the molecule is Cc1onc(C(=O)Nc2cccc(Cn3cc(Br)cn3)c2)c1Cn1cc(Cl)cn1. The minimum atomic E-state index is -0.353. The number of amides is 1. The molecule has 4 rings (SSSR count). The minimum absolute atomic E-state index is 0.218. The third kappa shape index (κ3) is 4.57. The zero-order valence-corrected chi connectivity index (χ0v) is 17.7. The Balaban J connectivity index is 1.50. The fourth-order valence-electron chi connectivity index (χ4n) is 2.89. The molecule has 8 nitrogen and oxygen atoms in total. The number of hydrogen-bond donors (Lipinski definition) is 1. The number of nitrogens with one attached hydrogen (secondary N) is 1. The van der Waals surface area contributed by atoms with E-state index in [4.69, 9.17) is 16.1 Å². The number of carbonyl (C=O) groups excluding carboxylic acids is 1. The molecule has 0 fully saturated rings. The van der Waals surface area contributed by atoms with Crippen LogP contribution in [0.3, 0.4) is 0 Å². The highest BCUT2D eigenvalue weighted by Crippen LogP contribution is 2.19. The first-order valence-electron chi connectivity index (χ1n) is 8.69. The van der Waals surface area contributed by atoms with E-state index in [1.807, 2.05) is 30.5 Å². The van der Waals surface area contributed by atoms with Crippen LogP contribution < -0.4 is 5.32 Å². The summed E-state index contributed by atoms with van der Waals surface area (Å²) in [5, 5.41) is 15.7. The van der Waals surface area contributed by atoms with Gasteiger partial charge < -0.3 is 9.84 Å². The van der Waals surface area contributed by atoms with E-state index in [0.717, 1.165) is 10.0 Å². The summed E-state index contributed by atoms with van der Waals surface area (Å²) in [5.74, 6) is 0.203. The van der Waals surface area contributed by atoms with Crippen molar-refractivity contribution in [1.29, 1.82) is 0 Å². The molecule has 0 saturated heterocycles. The van der Waals surface area contributed by atoms with Crippen LogP contribution in [0.4, 0.5) is 5.69 Å². The lowest BCUT2D eigenvalue weighted by atomic mass is 10.1. The number of halogens is 2. The Morgan fingerprint density at radius 3 is 2.72 bits per heavy atom. The number of aromatic nitrogens is 5. The van der Waals surface area contributed by atoms with Gasteiger partial charge in [-0.3, -0.25) is 14.2 Å². The molecule has 1 N–H and O–H groups in total. The summed E-state index contributed by atoms with van der Waals surface area (Å²) in [6.45, 7) is 2.68. The second-order valence-electron chi connectivity index (χ2n) is 6.43. The van der Waals surface area contributed by atoms with Gasteiger partial charge in [-0.25, -0.2) is 0 Å². The Morgan fingerprint density at radius 2 is 2.00 bits per heavy atom. The van der Waals surface area contributed by atoms with Crippen LogP contribution in [0.2, 0.25) is 5.02 Å². The maximum atomic E-state index is 12.8. The molecule has 3 heterocycles. The van der Waals surface area contributed by atoms with Crippen molar-refractivity contribution in [3.05, 3.63) is 81.1 Å². The molecule has 1 amide bonds. The number of hydrogen-bond acceptors (Lipinski definition) is 5. The van der Waals surface area contributed by atoms with Crippen LogP contribution >= 0.6 is 27.5 Å². The first kappa shape index (κ1) is 19.4. The molecule has 0 bridgehead atoms. The third-order valence-corrected chi connectivity index (χ3v) is 4.86. The maximum Gasteiger partial charge on any atom is 0.278 e. The van der Waals surface area contributed by atoms with E-state index in [1.165, 1.54) is 6.20 Å². The van der Waals surface area contributed by atoms with Crippen LogP contribution in [-0.2, 0) is 13.1 Å². The van der Waals surface area contributed by atoms with Gasteiger partial charge >= 0.3 is 0 Å². The van der Waals surface area contributed by atoms with Crippen molar-refractivity contribution in [2.75, 3.05) is 5.32 Å². The molecule has 1 aromatic carbocycles. The molecule has 4 aromatic rings. The molecule has 0 aliphatic carbocycles. The number of nitrogens with zero attached hydrogens (tertiary/aromatic N) is 5. The van der Waals surface area contributed by atoms with Gasteiger partial charge in [-0.2, -0.15) is 10.2 Å². The summed E-state index contributed by atoms with van der Waals surface area (Å²) in [6.07, 6.45) is 6.82. The van der Waals surface area contributed by atoms with Crippen LogP contribution in [-0.4, -0.2) is 30.6 Å². The van der Waals surface area contributed by atoms with E-state index in [2.05, 4.69) is 36.6 Å². The van der Waals surface area contributed by atoms with E-state index in [9.17, 15) is 4.79 Å². The Labute approximate surface area is 179 Å². The van der Waals surface area contributed by atoms with Gasteiger partial charge in [-0.1, -0.05) is 28.9 Å². The van der Waals surface area contributed by atoms with Gasteiger partial charge in [0.15, 0.2) is 5.69 Å². The van der Waals surface area contributed by atoms with Gasteiger partial charge in [0, 0.05) is 23.6 Å². The van der Waals surface area contributed by atoms with Crippen LogP contribution in [0.25, 0.3) is 0 Å². The third-order valence-electron chi connectivity index (χ3n) is 4.25. The molecule has 10 heteroatoms. The molecule has 148 valence electrons. The summed E-state index contributed by atoms with van der Waals surface area (Å²) in [7, 11) is 0. The van der Waals surface area contributed by atoms with Crippen molar-refractivity contribution in [3.8, 4) is 0 Å². The fourth-order valence-corrected chi connectivity index (χ4v) is 3.38. The van der Waals surface area contributed by atoms with Crippen LogP contribution in [0, 0.1) is 6.92 Å². The number of benzene rings is 1. The highest BCUT2D eigenvalue weighted by atomic mass is 79.9. The van der Waals surface area contributed by atoms with Gasteiger partial charge in [0.2, 0.25) is 0 Å². The number of anilines is 1. The van der Waals surface area contributed by atoms with Crippen molar-refractivity contribution in [3.63, 3.8) is 0 Å². The van der Waals surface area contributed by atoms with Crippen molar-refractivity contribution in [2.24, 2.45) is 0 Å². The average Bonchev–Trinajstić information content (AvgIpc) is 3.38. The minimum Gasteiger partial charge on any atom is -0.361 e. The molecule has 0 atom stereocenters. The predicted molar refractivity (Wildman–Crippen MR) is 111 cm³/mol. The normalized spacial score (nSPS) is 11.0. The van der Waals surface area contributed by atoms with Crippen LogP contribution in [0.1, 0.15) is 27.4 Å². The Bertz CT molecular complexity index is 1170. The lowest BCUT2D eigenvalue weighted by Crippen LogP contribution is -2.16. The largest absolute Gasteiger partial charge is 0.361 e. The summed E-state index contributed by atoms with van der Waals surface area (Å²) < 4.78 is 9.58. The van der Waals surface area contributed by atoms with Crippen LogP contribution in [0.5, 0.6) is 0 Å². The van der Waals surface area contributed by atoms with E-state index < -0.39 is 0 Å². The predicted octanol–water partition coefficient (Wildman–Crippen LogP) is 4.14. The van der Waals surface area contributed by atoms with E-state index >= 15 is 0 Å². The molecular formula is C19H16BrClN6O2. The van der Waals surface area contributed by atoms with E-state index in [-0.39, 0.29) is 11.6 Å². The van der Waals surface area contributed by atoms with Gasteiger partial charge in [0.1, 0.15) is 5.76 Å². The van der Waals surface area contributed by atoms with Crippen molar-refractivity contribution >= 4 is 39.1 Å². The first-order valence-corrected chi connectivity index (χ1v) is 9.86. The maximum absolute atomic E-state index is 12.8. The van der Waals surface area contributed by atoms with E-state index in [1.54, 1.807) is 28.7 Å². The molecule has 0 aliphatic rings. The summed E-state index contributed by atoms with van der Waals surface area (Å²) in [6, 6.07) is 7.57. The molecule has 3 aromatic heterocycles. The average molecular weight is 476 g/mol. The highest BCUT2D eigenvalue weighted by Gasteiger charge is 2.20. The quantitative estimate of drug-likeness (QED) is 0.452. The summed E-state index contributed by atoms with van der Waals surface area (Å²) in [4.78, 5) is 12.8. The molecular weight excluding hydrogens is 460 g/mol.